The summed E-state index contributed by atoms with van der Waals surface area (Å²) in [4.78, 5) is 14.4. The van der Waals surface area contributed by atoms with Crippen molar-refractivity contribution in [2.45, 2.75) is 32.5 Å². The van der Waals surface area contributed by atoms with Gasteiger partial charge in [-0.15, -0.1) is 0 Å². The van der Waals surface area contributed by atoms with Crippen molar-refractivity contribution in [2.75, 3.05) is 33.4 Å². The third-order valence-electron chi connectivity index (χ3n) is 4.38. The highest BCUT2D eigenvalue weighted by Crippen LogP contribution is 2.36. The lowest BCUT2D eigenvalue weighted by Crippen LogP contribution is -2.41. The number of fused-ring (bicyclic) bond motifs is 3. The smallest absolute Gasteiger partial charge is 0.227 e. The van der Waals surface area contributed by atoms with Gasteiger partial charge in [0.15, 0.2) is 11.5 Å². The van der Waals surface area contributed by atoms with Crippen molar-refractivity contribution in [3.63, 3.8) is 0 Å². The molecule has 0 saturated carbocycles. The highest BCUT2D eigenvalue weighted by Gasteiger charge is 2.33. The van der Waals surface area contributed by atoms with Crippen LogP contribution in [-0.2, 0) is 16.1 Å². The first-order valence-corrected chi connectivity index (χ1v) is 8.97. The largest absolute Gasteiger partial charge is 0.493 e. The SMILES string of the molecule is COc1cc(Cl)cc(CN2C[C@H]3COC[C@@H](C2)C(=O)N3)c1OC(C)C. The molecule has 2 aliphatic rings. The van der Waals surface area contributed by atoms with E-state index in [0.717, 1.165) is 12.1 Å². The molecule has 138 valence electrons. The molecule has 0 aliphatic carbocycles. The summed E-state index contributed by atoms with van der Waals surface area (Å²) in [6.07, 6.45) is 0.0222. The van der Waals surface area contributed by atoms with Gasteiger partial charge in [-0.2, -0.15) is 0 Å². The molecule has 2 bridgehead atoms. The number of carbonyl (C=O) groups excluding carboxylic acids is 1. The van der Waals surface area contributed by atoms with E-state index >= 15 is 0 Å². The van der Waals surface area contributed by atoms with Gasteiger partial charge in [0.05, 0.1) is 38.4 Å². The van der Waals surface area contributed by atoms with E-state index in [1.165, 1.54) is 0 Å². The molecule has 0 unspecified atom stereocenters. The van der Waals surface area contributed by atoms with E-state index in [1.807, 2.05) is 19.9 Å². The molecule has 2 heterocycles. The summed E-state index contributed by atoms with van der Waals surface area (Å²) in [6, 6.07) is 3.68. The lowest BCUT2D eigenvalue weighted by atomic mass is 10.1. The maximum absolute atomic E-state index is 12.2. The minimum Gasteiger partial charge on any atom is -0.493 e. The second-order valence-corrected chi connectivity index (χ2v) is 7.33. The quantitative estimate of drug-likeness (QED) is 0.862. The molecule has 2 fully saturated rings. The molecule has 25 heavy (non-hydrogen) atoms. The normalized spacial score (nSPS) is 24.0. The number of carbonyl (C=O) groups is 1. The molecule has 2 saturated heterocycles. The zero-order chi connectivity index (χ0) is 18.0. The van der Waals surface area contributed by atoms with Crippen LogP contribution in [-0.4, -0.2) is 56.4 Å². The van der Waals surface area contributed by atoms with E-state index in [-0.39, 0.29) is 24.0 Å². The number of halogens is 1. The Labute approximate surface area is 153 Å². The van der Waals surface area contributed by atoms with Gasteiger partial charge >= 0.3 is 0 Å². The molecule has 7 heteroatoms. The summed E-state index contributed by atoms with van der Waals surface area (Å²) in [5.74, 6) is 1.27. The van der Waals surface area contributed by atoms with Crippen molar-refractivity contribution in [3.8, 4) is 11.5 Å². The average Bonchev–Trinajstić information content (AvgIpc) is 2.78. The van der Waals surface area contributed by atoms with Gasteiger partial charge in [-0.3, -0.25) is 9.69 Å². The molecule has 1 amide bonds. The second kappa shape index (κ2) is 7.81. The van der Waals surface area contributed by atoms with Gasteiger partial charge in [0.2, 0.25) is 5.91 Å². The fraction of sp³-hybridized carbons (Fsp3) is 0.611. The van der Waals surface area contributed by atoms with Crippen LogP contribution in [0.1, 0.15) is 19.4 Å². The average molecular weight is 369 g/mol. The molecule has 1 aromatic rings. The summed E-state index contributed by atoms with van der Waals surface area (Å²) < 4.78 is 17.0. The fourth-order valence-corrected chi connectivity index (χ4v) is 3.58. The summed E-state index contributed by atoms with van der Waals surface area (Å²) >= 11 is 6.27. The number of nitrogens with zero attached hydrogens (tertiary/aromatic N) is 1. The number of hydrogen-bond acceptors (Lipinski definition) is 5. The third-order valence-corrected chi connectivity index (χ3v) is 4.59. The first-order chi connectivity index (χ1) is 12.0. The summed E-state index contributed by atoms with van der Waals surface area (Å²) in [7, 11) is 1.61. The van der Waals surface area contributed by atoms with Crippen LogP contribution in [0.25, 0.3) is 0 Å². The first kappa shape index (κ1) is 18.3. The van der Waals surface area contributed by atoms with Crippen molar-refractivity contribution in [3.05, 3.63) is 22.7 Å². The van der Waals surface area contributed by atoms with Crippen LogP contribution in [0.5, 0.6) is 11.5 Å². The second-order valence-electron chi connectivity index (χ2n) is 6.90. The number of ether oxygens (including phenoxy) is 3. The molecule has 0 spiro atoms. The van der Waals surface area contributed by atoms with E-state index < -0.39 is 0 Å². The van der Waals surface area contributed by atoms with Crippen molar-refractivity contribution in [1.82, 2.24) is 10.2 Å². The van der Waals surface area contributed by atoms with Crippen LogP contribution in [0.2, 0.25) is 5.02 Å². The minimum absolute atomic E-state index is 0.00977. The Hall–Kier alpha value is -1.50. The van der Waals surface area contributed by atoms with Crippen molar-refractivity contribution in [1.29, 1.82) is 0 Å². The maximum Gasteiger partial charge on any atom is 0.227 e. The highest BCUT2D eigenvalue weighted by molar-refractivity contribution is 6.30. The number of methoxy groups -OCH3 is 1. The van der Waals surface area contributed by atoms with Gasteiger partial charge in [-0.25, -0.2) is 0 Å². The van der Waals surface area contributed by atoms with E-state index in [1.54, 1.807) is 13.2 Å². The van der Waals surface area contributed by atoms with E-state index in [2.05, 4.69) is 10.2 Å². The Bertz CT molecular complexity index is 638. The van der Waals surface area contributed by atoms with Crippen molar-refractivity contribution >= 4 is 17.5 Å². The first-order valence-electron chi connectivity index (χ1n) is 8.59. The topological polar surface area (TPSA) is 60.0 Å². The maximum atomic E-state index is 12.2. The van der Waals surface area contributed by atoms with Gasteiger partial charge < -0.3 is 19.5 Å². The number of benzene rings is 1. The monoisotopic (exact) mass is 368 g/mol. The molecule has 0 aromatic heterocycles. The standard InChI is InChI=1S/C18H25ClN2O4/c1-11(2)25-17-12(4-14(19)5-16(17)23-3)6-21-7-13-9-24-10-15(8-21)20-18(13)22/h4-5,11,13,15H,6-10H2,1-3H3,(H,20,22)/t13-,15+/m1/s1. The Morgan fingerprint density at radius 2 is 2.16 bits per heavy atom. The number of rotatable bonds is 5. The number of amides is 1. The van der Waals surface area contributed by atoms with E-state index in [0.29, 0.717) is 42.8 Å². The molecular weight excluding hydrogens is 344 g/mol. The molecule has 1 aromatic carbocycles. The predicted octanol–water partition coefficient (Wildman–Crippen LogP) is 2.08. The third kappa shape index (κ3) is 4.37. The molecular formula is C18H25ClN2O4. The van der Waals surface area contributed by atoms with Gasteiger partial charge in [0.1, 0.15) is 0 Å². The number of hydrogen-bond donors (Lipinski definition) is 1. The van der Waals surface area contributed by atoms with Gasteiger partial charge in [0, 0.05) is 36.3 Å². The predicted molar refractivity (Wildman–Crippen MR) is 95.3 cm³/mol. The van der Waals surface area contributed by atoms with Crippen molar-refractivity contribution in [2.24, 2.45) is 5.92 Å². The lowest BCUT2D eigenvalue weighted by molar-refractivity contribution is -0.125. The van der Waals surface area contributed by atoms with Crippen LogP contribution < -0.4 is 14.8 Å². The zero-order valence-corrected chi connectivity index (χ0v) is 15.6. The van der Waals surface area contributed by atoms with E-state index in [9.17, 15) is 4.79 Å². The van der Waals surface area contributed by atoms with Crippen molar-refractivity contribution < 1.29 is 19.0 Å². The van der Waals surface area contributed by atoms with Gasteiger partial charge in [-0.05, 0) is 19.9 Å². The van der Waals surface area contributed by atoms with Crippen LogP contribution in [0.3, 0.4) is 0 Å². The van der Waals surface area contributed by atoms with Crippen LogP contribution >= 0.6 is 11.6 Å². The summed E-state index contributed by atoms with van der Waals surface area (Å²) in [5.41, 5.74) is 0.964. The molecule has 1 N–H and O–H groups in total. The van der Waals surface area contributed by atoms with Crippen LogP contribution in [0.4, 0.5) is 0 Å². The fourth-order valence-electron chi connectivity index (χ4n) is 3.35. The molecule has 3 rings (SSSR count). The van der Waals surface area contributed by atoms with Crippen LogP contribution in [0, 0.1) is 5.92 Å². The highest BCUT2D eigenvalue weighted by atomic mass is 35.5. The Morgan fingerprint density at radius 1 is 1.36 bits per heavy atom. The lowest BCUT2D eigenvalue weighted by Gasteiger charge is -2.28. The number of nitrogens with one attached hydrogen (secondary N) is 1. The molecule has 0 radical (unpaired) electrons. The van der Waals surface area contributed by atoms with Crippen LogP contribution in [0.15, 0.2) is 12.1 Å². The Kier molecular flexibility index (Phi) is 5.71. The molecule has 6 nitrogen and oxygen atoms in total. The Morgan fingerprint density at radius 3 is 2.88 bits per heavy atom. The molecule has 2 atom stereocenters. The Balaban J connectivity index is 1.86. The summed E-state index contributed by atoms with van der Waals surface area (Å²) in [5, 5.41) is 3.66. The molecule has 2 aliphatic heterocycles. The van der Waals surface area contributed by atoms with Gasteiger partial charge in [0.25, 0.3) is 0 Å². The summed E-state index contributed by atoms with van der Waals surface area (Å²) in [6.45, 7) is 7.00. The van der Waals surface area contributed by atoms with E-state index in [4.69, 9.17) is 25.8 Å². The zero-order valence-electron chi connectivity index (χ0n) is 14.9. The minimum atomic E-state index is -0.150. The van der Waals surface area contributed by atoms with Gasteiger partial charge in [-0.1, -0.05) is 11.6 Å².